The number of para-hydroxylation sites is 3. The molecule has 0 aliphatic heterocycles. The van der Waals surface area contributed by atoms with Gasteiger partial charge in [0.05, 0.1) is 26.8 Å². The number of nitrogens with one attached hydrogen (secondary N) is 1. The van der Waals surface area contributed by atoms with Crippen LogP contribution in [0.15, 0.2) is 42.5 Å². The zero-order chi connectivity index (χ0) is 15.5. The molecule has 0 bridgehead atoms. The molecule has 1 aromatic heterocycles. The van der Waals surface area contributed by atoms with Crippen LogP contribution in [0.25, 0.3) is 11.0 Å². The van der Waals surface area contributed by atoms with E-state index in [1.54, 1.807) is 12.1 Å². The molecule has 4 nitrogen and oxygen atoms in total. The van der Waals surface area contributed by atoms with E-state index in [9.17, 15) is 0 Å². The van der Waals surface area contributed by atoms with Gasteiger partial charge < -0.3 is 15.6 Å². The molecular weight excluding hydrogens is 319 g/mol. The normalized spacial score (nSPS) is 11.0. The highest BCUT2D eigenvalue weighted by Gasteiger charge is 2.13. The predicted octanol–water partition coefficient (Wildman–Crippen LogP) is 4.44. The van der Waals surface area contributed by atoms with Gasteiger partial charge >= 0.3 is 0 Å². The number of aryl methyl sites for hydroxylation is 1. The fourth-order valence-corrected chi connectivity index (χ4v) is 2.87. The monoisotopic (exact) mass is 334 g/mol. The number of fused-ring (bicyclic) bond motifs is 1. The number of hydrogen-bond donors (Lipinski definition) is 2. The third kappa shape index (κ3) is 2.90. The molecule has 0 radical (unpaired) electrons. The highest BCUT2D eigenvalue weighted by molar-refractivity contribution is 6.39. The first-order chi connectivity index (χ1) is 10.7. The van der Waals surface area contributed by atoms with Gasteiger partial charge in [-0.15, -0.1) is 0 Å². The summed E-state index contributed by atoms with van der Waals surface area (Å²) < 4.78 is 2.10. The Morgan fingerprint density at radius 2 is 1.77 bits per heavy atom. The average molecular weight is 335 g/mol. The molecule has 3 N–H and O–H groups in total. The fourth-order valence-electron chi connectivity index (χ4n) is 2.38. The Labute approximate surface area is 138 Å². The van der Waals surface area contributed by atoms with Crippen LogP contribution in [0, 0.1) is 0 Å². The van der Waals surface area contributed by atoms with Crippen LogP contribution in [0.3, 0.4) is 0 Å². The molecule has 0 saturated heterocycles. The molecule has 0 atom stereocenters. The maximum atomic E-state index is 6.23. The number of nitrogens with two attached hydrogens (primary N) is 1. The van der Waals surface area contributed by atoms with Crippen LogP contribution < -0.4 is 11.1 Å². The van der Waals surface area contributed by atoms with Gasteiger partial charge in [-0.25, -0.2) is 4.98 Å². The molecule has 22 heavy (non-hydrogen) atoms. The second-order valence-corrected chi connectivity index (χ2v) is 5.75. The minimum Gasteiger partial charge on any atom is -0.330 e. The van der Waals surface area contributed by atoms with E-state index >= 15 is 0 Å². The Hall–Kier alpha value is -1.75. The predicted molar refractivity (Wildman–Crippen MR) is 93.1 cm³/mol. The molecule has 114 valence electrons. The van der Waals surface area contributed by atoms with Gasteiger partial charge in [-0.3, -0.25) is 0 Å². The number of nitrogens with zero attached hydrogens (tertiary/aromatic N) is 2. The molecule has 2 aromatic carbocycles. The van der Waals surface area contributed by atoms with E-state index in [4.69, 9.17) is 28.9 Å². The lowest BCUT2D eigenvalue weighted by molar-refractivity contribution is 0.672. The first-order valence-electron chi connectivity index (χ1n) is 7.07. The Morgan fingerprint density at radius 3 is 2.50 bits per heavy atom. The smallest absolute Gasteiger partial charge is 0.208 e. The second-order valence-electron chi connectivity index (χ2n) is 4.94. The first kappa shape index (κ1) is 15.2. The van der Waals surface area contributed by atoms with Crippen molar-refractivity contribution in [2.75, 3.05) is 11.9 Å². The van der Waals surface area contributed by atoms with Crippen molar-refractivity contribution >= 4 is 45.9 Å². The Balaban J connectivity index is 2.06. The van der Waals surface area contributed by atoms with Gasteiger partial charge in [0.25, 0.3) is 0 Å². The summed E-state index contributed by atoms with van der Waals surface area (Å²) in [5.41, 5.74) is 8.28. The maximum Gasteiger partial charge on any atom is 0.208 e. The van der Waals surface area contributed by atoms with E-state index in [1.807, 2.05) is 30.3 Å². The van der Waals surface area contributed by atoms with E-state index in [-0.39, 0.29) is 0 Å². The third-order valence-corrected chi connectivity index (χ3v) is 4.07. The zero-order valence-corrected chi connectivity index (χ0v) is 13.4. The standard InChI is InChI=1S/C16H16Cl2N4/c17-11-5-3-6-12(18)15(11)21-16-20-13-7-1-2-8-14(13)22(16)10-4-9-19/h1-3,5-8H,4,9-10,19H2,(H,20,21). The van der Waals surface area contributed by atoms with Crippen molar-refractivity contribution in [1.29, 1.82) is 0 Å². The maximum absolute atomic E-state index is 6.23. The summed E-state index contributed by atoms with van der Waals surface area (Å²) in [4.78, 5) is 4.64. The van der Waals surface area contributed by atoms with Gasteiger partial charge in [-0.2, -0.15) is 0 Å². The number of halogens is 2. The fraction of sp³-hybridized carbons (Fsp3) is 0.188. The lowest BCUT2D eigenvalue weighted by Gasteiger charge is -2.12. The largest absolute Gasteiger partial charge is 0.330 e. The minimum atomic E-state index is 0.560. The van der Waals surface area contributed by atoms with Crippen molar-refractivity contribution in [3.8, 4) is 0 Å². The Bertz CT molecular complexity index is 778. The van der Waals surface area contributed by atoms with Gasteiger partial charge in [0.2, 0.25) is 5.95 Å². The molecule has 0 aliphatic carbocycles. The summed E-state index contributed by atoms with van der Waals surface area (Å²) in [5, 5.41) is 4.37. The number of imidazole rings is 1. The van der Waals surface area contributed by atoms with Gasteiger partial charge in [0, 0.05) is 6.54 Å². The van der Waals surface area contributed by atoms with E-state index in [0.717, 1.165) is 24.0 Å². The topological polar surface area (TPSA) is 55.9 Å². The SMILES string of the molecule is NCCCn1c(Nc2c(Cl)cccc2Cl)nc2ccccc21. The number of anilines is 2. The van der Waals surface area contributed by atoms with Gasteiger partial charge in [0.1, 0.15) is 0 Å². The van der Waals surface area contributed by atoms with Gasteiger partial charge in [-0.1, -0.05) is 41.4 Å². The molecule has 0 aliphatic rings. The van der Waals surface area contributed by atoms with E-state index in [2.05, 4.69) is 14.9 Å². The van der Waals surface area contributed by atoms with Crippen LogP contribution in [-0.4, -0.2) is 16.1 Å². The highest BCUT2D eigenvalue weighted by atomic mass is 35.5. The van der Waals surface area contributed by atoms with Crippen LogP contribution in [0.2, 0.25) is 10.0 Å². The van der Waals surface area contributed by atoms with Crippen molar-refractivity contribution in [2.45, 2.75) is 13.0 Å². The lowest BCUT2D eigenvalue weighted by Crippen LogP contribution is -2.08. The van der Waals surface area contributed by atoms with Crippen molar-refractivity contribution in [3.63, 3.8) is 0 Å². The van der Waals surface area contributed by atoms with Crippen molar-refractivity contribution in [1.82, 2.24) is 9.55 Å². The molecule has 0 amide bonds. The van der Waals surface area contributed by atoms with Crippen LogP contribution in [-0.2, 0) is 6.54 Å². The van der Waals surface area contributed by atoms with E-state index in [0.29, 0.717) is 28.2 Å². The Morgan fingerprint density at radius 1 is 1.05 bits per heavy atom. The molecule has 3 rings (SSSR count). The summed E-state index contributed by atoms with van der Waals surface area (Å²) in [5.74, 6) is 0.713. The molecule has 6 heteroatoms. The highest BCUT2D eigenvalue weighted by Crippen LogP contribution is 2.33. The van der Waals surface area contributed by atoms with E-state index in [1.165, 1.54) is 0 Å². The number of aromatic nitrogens is 2. The minimum absolute atomic E-state index is 0.560. The van der Waals surface area contributed by atoms with Crippen LogP contribution in [0.4, 0.5) is 11.6 Å². The molecule has 0 saturated carbocycles. The molecule has 0 unspecified atom stereocenters. The molecular formula is C16H16Cl2N4. The van der Waals surface area contributed by atoms with Crippen LogP contribution in [0.5, 0.6) is 0 Å². The lowest BCUT2D eigenvalue weighted by atomic mass is 10.3. The van der Waals surface area contributed by atoms with E-state index < -0.39 is 0 Å². The zero-order valence-electron chi connectivity index (χ0n) is 11.9. The Kier molecular flexibility index (Phi) is 4.52. The molecule has 3 aromatic rings. The van der Waals surface area contributed by atoms with Gasteiger partial charge in [-0.05, 0) is 37.2 Å². The average Bonchev–Trinajstić information content (AvgIpc) is 2.86. The number of benzene rings is 2. The van der Waals surface area contributed by atoms with Crippen molar-refractivity contribution in [3.05, 3.63) is 52.5 Å². The number of hydrogen-bond acceptors (Lipinski definition) is 3. The summed E-state index contributed by atoms with van der Waals surface area (Å²) >= 11 is 12.5. The summed E-state index contributed by atoms with van der Waals surface area (Å²) in [6.07, 6.45) is 0.866. The first-order valence-corrected chi connectivity index (χ1v) is 7.82. The van der Waals surface area contributed by atoms with Gasteiger partial charge in [0.15, 0.2) is 0 Å². The summed E-state index contributed by atoms with van der Waals surface area (Å²) in [6.45, 7) is 1.40. The van der Waals surface area contributed by atoms with Crippen LogP contribution >= 0.6 is 23.2 Å². The molecule has 0 spiro atoms. The van der Waals surface area contributed by atoms with Crippen molar-refractivity contribution in [2.24, 2.45) is 5.73 Å². The van der Waals surface area contributed by atoms with Crippen molar-refractivity contribution < 1.29 is 0 Å². The van der Waals surface area contributed by atoms with Crippen LogP contribution in [0.1, 0.15) is 6.42 Å². The summed E-state index contributed by atoms with van der Waals surface area (Å²) in [7, 11) is 0. The molecule has 1 heterocycles. The summed E-state index contributed by atoms with van der Waals surface area (Å²) in [6, 6.07) is 13.4. The third-order valence-electron chi connectivity index (χ3n) is 3.44. The quantitative estimate of drug-likeness (QED) is 0.725. The second kappa shape index (κ2) is 6.57. The number of rotatable bonds is 5. The molecule has 0 fully saturated rings.